The number of amides is 1. The van der Waals surface area contributed by atoms with Crippen molar-refractivity contribution in [2.24, 2.45) is 4.99 Å². The maximum atomic E-state index is 11.4. The molecule has 0 radical (unpaired) electrons. The molecule has 0 saturated heterocycles. The molecule has 0 saturated carbocycles. The normalized spacial score (nSPS) is 19.8. The third-order valence-electron chi connectivity index (χ3n) is 5.18. The number of likely N-dealkylation sites (N-methyl/N-ethyl adjacent to an activating group) is 2. The Morgan fingerprint density at radius 3 is 2.63 bits per heavy atom. The average molecular weight is 420 g/mol. The van der Waals surface area contributed by atoms with Crippen LogP contribution >= 0.6 is 10.9 Å². The second-order valence-electron chi connectivity index (χ2n) is 7.04. The number of fused-ring (bicyclic) bond motifs is 2. The predicted octanol–water partition coefficient (Wildman–Crippen LogP) is 4.24. The minimum Gasteiger partial charge on any atom is -0.497 e. The molecule has 0 fully saturated rings. The van der Waals surface area contributed by atoms with Gasteiger partial charge in [0.1, 0.15) is 5.75 Å². The Hall–Kier alpha value is -3.12. The van der Waals surface area contributed by atoms with Crippen LogP contribution in [-0.4, -0.2) is 46.6 Å². The number of methoxy groups -OCH3 is 1. The molecule has 2 heterocycles. The number of aliphatic imine (C=N–C) groups is 1. The molecule has 1 aromatic rings. The predicted molar refractivity (Wildman–Crippen MR) is 128 cm³/mol. The molecule has 1 amide bonds. The van der Waals surface area contributed by atoms with E-state index in [1.165, 1.54) is 22.5 Å². The number of carbonyl (C=O) groups is 1. The zero-order chi connectivity index (χ0) is 21.3. The monoisotopic (exact) mass is 419 g/mol. The molecule has 0 atom stereocenters. The highest BCUT2D eigenvalue weighted by molar-refractivity contribution is 7.99. The average Bonchev–Trinajstić information content (AvgIpc) is 3.09. The summed E-state index contributed by atoms with van der Waals surface area (Å²) < 4.78 is 5.37. The van der Waals surface area contributed by atoms with Crippen molar-refractivity contribution in [3.63, 3.8) is 0 Å². The molecule has 1 aromatic carbocycles. The SMILES string of the molecule is CCN1C2=CC(=NC(C)=O)C=CC2=S=C1/C=C1\C=Cc2cc(OC)ccc2N1CC. The molecule has 2 aliphatic heterocycles. The van der Waals surface area contributed by atoms with Crippen LogP contribution in [-0.2, 0) is 4.79 Å². The molecular formula is C24H25N3O2S. The first kappa shape index (κ1) is 20.2. The third kappa shape index (κ3) is 3.71. The Labute approximate surface area is 180 Å². The molecule has 0 spiro atoms. The number of benzene rings is 1. The molecule has 0 bridgehead atoms. The summed E-state index contributed by atoms with van der Waals surface area (Å²) >= 11 is 0. The van der Waals surface area contributed by atoms with E-state index in [-0.39, 0.29) is 5.91 Å². The van der Waals surface area contributed by atoms with Crippen LogP contribution in [0.25, 0.3) is 6.08 Å². The van der Waals surface area contributed by atoms with Gasteiger partial charge in [-0.15, -0.1) is 10.9 Å². The standard InChI is InChI=1S/C24H25N3O2S/c1-5-26-19(9-7-17-13-20(29-4)10-11-21(17)26)15-24-27(6-2)22-14-18(25-16(3)28)8-12-23(22)30-24/h7-15H,5-6H2,1-4H3/b19-15+,25-18?. The summed E-state index contributed by atoms with van der Waals surface area (Å²) in [7, 11) is 3.44. The second kappa shape index (κ2) is 8.32. The van der Waals surface area contributed by atoms with Gasteiger partial charge in [-0.1, -0.05) is 6.08 Å². The Morgan fingerprint density at radius 2 is 1.93 bits per heavy atom. The zero-order valence-corrected chi connectivity index (χ0v) is 18.5. The number of rotatable bonds is 4. The van der Waals surface area contributed by atoms with E-state index in [2.05, 4.69) is 59.0 Å². The lowest BCUT2D eigenvalue weighted by molar-refractivity contribution is -0.115. The van der Waals surface area contributed by atoms with E-state index < -0.39 is 0 Å². The van der Waals surface area contributed by atoms with Gasteiger partial charge in [-0.2, -0.15) is 0 Å². The summed E-state index contributed by atoms with van der Waals surface area (Å²) in [6.45, 7) is 7.48. The number of carbonyl (C=O) groups excluding carboxylic acids is 1. The van der Waals surface area contributed by atoms with Crippen molar-refractivity contribution >= 4 is 44.2 Å². The van der Waals surface area contributed by atoms with Crippen molar-refractivity contribution in [3.8, 4) is 5.75 Å². The maximum Gasteiger partial charge on any atom is 0.243 e. The van der Waals surface area contributed by atoms with Crippen molar-refractivity contribution < 1.29 is 9.53 Å². The van der Waals surface area contributed by atoms with E-state index in [0.29, 0.717) is 5.71 Å². The summed E-state index contributed by atoms with van der Waals surface area (Å²) in [6.07, 6.45) is 12.5. The van der Waals surface area contributed by atoms with Crippen molar-refractivity contribution in [1.82, 2.24) is 4.90 Å². The van der Waals surface area contributed by atoms with Gasteiger partial charge in [0, 0.05) is 37.0 Å². The summed E-state index contributed by atoms with van der Waals surface area (Å²) in [6, 6.07) is 6.18. The Balaban J connectivity index is 1.71. The van der Waals surface area contributed by atoms with Gasteiger partial charge in [-0.05, 0) is 62.4 Å². The third-order valence-corrected chi connectivity index (χ3v) is 6.29. The molecule has 0 N–H and O–H groups in total. The fourth-order valence-corrected chi connectivity index (χ4v) is 4.98. The van der Waals surface area contributed by atoms with E-state index >= 15 is 0 Å². The molecule has 4 rings (SSSR count). The van der Waals surface area contributed by atoms with Crippen LogP contribution in [0.1, 0.15) is 26.3 Å². The number of hydrogen-bond donors (Lipinski definition) is 0. The van der Waals surface area contributed by atoms with Crippen LogP contribution < -0.4 is 9.64 Å². The molecule has 5 nitrogen and oxygen atoms in total. The van der Waals surface area contributed by atoms with E-state index in [1.807, 2.05) is 24.3 Å². The van der Waals surface area contributed by atoms with Gasteiger partial charge in [-0.3, -0.25) is 4.79 Å². The topological polar surface area (TPSA) is 45.1 Å². The smallest absolute Gasteiger partial charge is 0.243 e. The molecule has 30 heavy (non-hydrogen) atoms. The van der Waals surface area contributed by atoms with Gasteiger partial charge in [0.05, 0.1) is 28.4 Å². The molecule has 3 aliphatic rings. The first-order valence-electron chi connectivity index (χ1n) is 10.1. The highest BCUT2D eigenvalue weighted by atomic mass is 32.1. The van der Waals surface area contributed by atoms with Crippen LogP contribution in [0.3, 0.4) is 0 Å². The number of anilines is 1. The van der Waals surface area contributed by atoms with Crippen LogP contribution in [0.5, 0.6) is 5.75 Å². The summed E-state index contributed by atoms with van der Waals surface area (Å²) in [5, 5.41) is 0. The Kier molecular flexibility index (Phi) is 5.59. The summed E-state index contributed by atoms with van der Waals surface area (Å²) in [4.78, 5) is 22.4. The molecule has 154 valence electrons. The van der Waals surface area contributed by atoms with Crippen molar-refractivity contribution in [2.75, 3.05) is 25.1 Å². The molecule has 0 aromatic heterocycles. The van der Waals surface area contributed by atoms with Crippen LogP contribution in [0, 0.1) is 0 Å². The number of ether oxygens (including phenoxy) is 1. The van der Waals surface area contributed by atoms with Crippen LogP contribution in [0.2, 0.25) is 0 Å². The van der Waals surface area contributed by atoms with Crippen molar-refractivity contribution in [3.05, 3.63) is 65.5 Å². The largest absolute Gasteiger partial charge is 0.497 e. The molecule has 6 heteroatoms. The number of hydrogen-bond acceptors (Lipinski definition) is 4. The molecule has 0 unspecified atom stereocenters. The molecular weight excluding hydrogens is 394 g/mol. The lowest BCUT2D eigenvalue weighted by atomic mass is 10.0. The Bertz CT molecular complexity index is 1130. The quantitative estimate of drug-likeness (QED) is 0.541. The van der Waals surface area contributed by atoms with Gasteiger partial charge in [-0.25, -0.2) is 4.99 Å². The molecule has 1 aliphatic carbocycles. The highest BCUT2D eigenvalue weighted by Crippen LogP contribution is 2.34. The van der Waals surface area contributed by atoms with E-state index in [1.54, 1.807) is 18.0 Å². The van der Waals surface area contributed by atoms with Crippen LogP contribution in [0.4, 0.5) is 5.69 Å². The zero-order valence-electron chi connectivity index (χ0n) is 17.7. The van der Waals surface area contributed by atoms with E-state index in [9.17, 15) is 4.79 Å². The first-order chi connectivity index (χ1) is 14.5. The van der Waals surface area contributed by atoms with E-state index in [4.69, 9.17) is 4.74 Å². The van der Waals surface area contributed by atoms with E-state index in [0.717, 1.165) is 35.8 Å². The minimum atomic E-state index is -0.184. The maximum absolute atomic E-state index is 11.4. The number of nitrogens with zero attached hydrogens (tertiary/aromatic N) is 3. The van der Waals surface area contributed by atoms with Gasteiger partial charge in [0.25, 0.3) is 0 Å². The van der Waals surface area contributed by atoms with Gasteiger partial charge in [0.15, 0.2) is 0 Å². The number of allylic oxidation sites excluding steroid dienone is 4. The summed E-state index contributed by atoms with van der Waals surface area (Å²) in [5.74, 6) is 0.679. The fraction of sp³-hybridized carbons (Fsp3) is 0.250. The van der Waals surface area contributed by atoms with Crippen molar-refractivity contribution in [1.29, 1.82) is 0 Å². The van der Waals surface area contributed by atoms with Gasteiger partial charge >= 0.3 is 0 Å². The van der Waals surface area contributed by atoms with Crippen LogP contribution in [0.15, 0.2) is 65.0 Å². The summed E-state index contributed by atoms with van der Waals surface area (Å²) in [5.41, 5.74) is 5.29. The van der Waals surface area contributed by atoms with Gasteiger partial charge < -0.3 is 14.5 Å². The Morgan fingerprint density at radius 1 is 1.13 bits per heavy atom. The highest BCUT2D eigenvalue weighted by Gasteiger charge is 2.25. The van der Waals surface area contributed by atoms with Crippen molar-refractivity contribution in [2.45, 2.75) is 20.8 Å². The van der Waals surface area contributed by atoms with Gasteiger partial charge in [0.2, 0.25) is 5.91 Å². The fourth-order valence-electron chi connectivity index (χ4n) is 3.82. The second-order valence-corrected chi connectivity index (χ2v) is 8.10. The minimum absolute atomic E-state index is 0.184. The lowest BCUT2D eigenvalue weighted by Gasteiger charge is -2.30. The first-order valence-corrected chi connectivity index (χ1v) is 10.9. The lowest BCUT2D eigenvalue weighted by Crippen LogP contribution is -2.30.